The second-order valence-corrected chi connectivity index (χ2v) is 12.7. The average molecular weight is 645 g/mol. The third-order valence-corrected chi connectivity index (χ3v) is 8.31. The number of ether oxygens (including phenoxy) is 1. The summed E-state index contributed by atoms with van der Waals surface area (Å²) in [5.74, 6) is -0.456. The summed E-state index contributed by atoms with van der Waals surface area (Å²) in [4.78, 5) is 29.4. The second-order valence-electron chi connectivity index (χ2n) is 9.84. The minimum atomic E-state index is -3.89. The van der Waals surface area contributed by atoms with Crippen molar-refractivity contribution in [3.63, 3.8) is 0 Å². The van der Waals surface area contributed by atoms with E-state index in [0.717, 1.165) is 32.6 Å². The molecule has 0 aliphatic heterocycles. The number of amides is 2. The number of nitrogens with one attached hydrogen (secondary N) is 1. The van der Waals surface area contributed by atoms with Crippen molar-refractivity contribution in [1.29, 1.82) is 0 Å². The number of rotatable bonds is 14. The van der Waals surface area contributed by atoms with Crippen LogP contribution < -0.4 is 14.4 Å². The Morgan fingerprint density at radius 3 is 2.17 bits per heavy atom. The normalized spacial score (nSPS) is 12.7. The molecule has 0 radical (unpaired) electrons. The molecule has 0 heterocycles. The third kappa shape index (κ3) is 9.33. The highest BCUT2D eigenvalue weighted by molar-refractivity contribution is 9.10. The van der Waals surface area contributed by atoms with Crippen molar-refractivity contribution >= 4 is 43.5 Å². The minimum Gasteiger partial charge on any atom is -0.492 e. The molecule has 3 aromatic rings. The fourth-order valence-corrected chi connectivity index (χ4v) is 5.43. The molecule has 10 heteroatoms. The lowest BCUT2D eigenvalue weighted by atomic mass is 10.0. The summed E-state index contributed by atoms with van der Waals surface area (Å²) in [6.45, 7) is 5.63. The third-order valence-electron chi connectivity index (χ3n) is 6.65. The molecular weight excluding hydrogens is 606 g/mol. The van der Waals surface area contributed by atoms with Crippen LogP contribution in [0, 0.1) is 0 Å². The molecule has 3 rings (SSSR count). The number of hydrogen-bond donors (Lipinski definition) is 1. The van der Waals surface area contributed by atoms with Crippen LogP contribution in [0.5, 0.6) is 5.75 Å². The molecule has 41 heavy (non-hydrogen) atoms. The first-order valence-corrected chi connectivity index (χ1v) is 16.2. The fourth-order valence-electron chi connectivity index (χ4n) is 4.32. The maximum absolute atomic E-state index is 14.2. The molecule has 0 bridgehead atoms. The Kier molecular flexibility index (Phi) is 11.8. The standard InChI is InChI=1S/C31H38BrN3O5S/c1-5-23(3)33-31(37)28(20-24-12-8-7-9-13-24)34(21-25-16-18-26(32)19-17-25)30(36)22-35(41(4,38)39)27-14-10-11-15-29(27)40-6-2/h7-19,23,28H,5-6,20-22H2,1-4H3,(H,33,37)/t23-,28-/m0/s1. The van der Waals surface area contributed by atoms with E-state index >= 15 is 0 Å². The zero-order valence-corrected chi connectivity index (χ0v) is 26.3. The van der Waals surface area contributed by atoms with Crippen LogP contribution in [0.25, 0.3) is 0 Å². The number of benzene rings is 3. The summed E-state index contributed by atoms with van der Waals surface area (Å²) >= 11 is 3.44. The highest BCUT2D eigenvalue weighted by Crippen LogP contribution is 2.30. The Hall–Kier alpha value is -3.37. The lowest BCUT2D eigenvalue weighted by molar-refractivity contribution is -0.140. The number of hydrogen-bond acceptors (Lipinski definition) is 5. The highest BCUT2D eigenvalue weighted by Gasteiger charge is 2.34. The van der Waals surface area contributed by atoms with Crippen LogP contribution in [0.4, 0.5) is 5.69 Å². The Morgan fingerprint density at radius 2 is 1.56 bits per heavy atom. The van der Waals surface area contributed by atoms with Crippen LogP contribution in [0.3, 0.4) is 0 Å². The molecule has 0 unspecified atom stereocenters. The van der Waals surface area contributed by atoms with Crippen molar-refractivity contribution < 1.29 is 22.7 Å². The summed E-state index contributed by atoms with van der Waals surface area (Å²) in [5.41, 5.74) is 1.95. The van der Waals surface area contributed by atoms with Gasteiger partial charge in [0, 0.05) is 23.5 Å². The largest absolute Gasteiger partial charge is 0.492 e. The van der Waals surface area contributed by atoms with Gasteiger partial charge in [0.25, 0.3) is 0 Å². The molecular formula is C31H38BrN3O5S. The number of anilines is 1. The Bertz CT molecular complexity index is 1400. The van der Waals surface area contributed by atoms with E-state index in [4.69, 9.17) is 4.74 Å². The molecule has 2 amide bonds. The molecule has 0 aromatic heterocycles. The molecule has 0 saturated heterocycles. The average Bonchev–Trinajstić information content (AvgIpc) is 2.95. The van der Waals surface area contributed by atoms with Gasteiger partial charge < -0.3 is 15.0 Å². The van der Waals surface area contributed by atoms with Crippen molar-refractivity contribution in [2.75, 3.05) is 23.7 Å². The van der Waals surface area contributed by atoms with Gasteiger partial charge >= 0.3 is 0 Å². The smallest absolute Gasteiger partial charge is 0.244 e. The zero-order valence-electron chi connectivity index (χ0n) is 23.9. The lowest BCUT2D eigenvalue weighted by Crippen LogP contribution is -2.54. The first kappa shape index (κ1) is 32.1. The van der Waals surface area contributed by atoms with E-state index in [0.29, 0.717) is 12.4 Å². The molecule has 220 valence electrons. The molecule has 0 fully saturated rings. The van der Waals surface area contributed by atoms with Crippen molar-refractivity contribution in [2.45, 2.75) is 52.2 Å². The van der Waals surface area contributed by atoms with Crippen molar-refractivity contribution in [2.24, 2.45) is 0 Å². The maximum atomic E-state index is 14.2. The van der Waals surface area contributed by atoms with Gasteiger partial charge in [-0.2, -0.15) is 0 Å². The van der Waals surface area contributed by atoms with Gasteiger partial charge in [-0.1, -0.05) is 77.5 Å². The van der Waals surface area contributed by atoms with Crippen LogP contribution in [-0.2, 0) is 32.6 Å². The second kappa shape index (κ2) is 15.0. The number of nitrogens with zero attached hydrogens (tertiary/aromatic N) is 2. The Balaban J connectivity index is 2.08. The lowest BCUT2D eigenvalue weighted by Gasteiger charge is -2.34. The molecule has 0 aliphatic carbocycles. The van der Waals surface area contributed by atoms with Crippen molar-refractivity contribution in [3.8, 4) is 5.75 Å². The minimum absolute atomic E-state index is 0.101. The van der Waals surface area contributed by atoms with Gasteiger partial charge in [-0.3, -0.25) is 13.9 Å². The van der Waals surface area contributed by atoms with E-state index < -0.39 is 28.5 Å². The zero-order chi connectivity index (χ0) is 30.0. The van der Waals surface area contributed by atoms with Gasteiger partial charge in [0.15, 0.2) is 0 Å². The van der Waals surface area contributed by atoms with Crippen molar-refractivity contribution in [3.05, 3.63) is 94.5 Å². The molecule has 1 N–H and O–H groups in total. The first-order valence-electron chi connectivity index (χ1n) is 13.6. The number of carbonyl (C=O) groups excluding carboxylic acids is 2. The SMILES string of the molecule is CCOc1ccccc1N(CC(=O)N(Cc1ccc(Br)cc1)[C@@H](Cc1ccccc1)C(=O)N[C@@H](C)CC)S(C)(=O)=O. The van der Waals surface area contributed by atoms with E-state index in [1.165, 1.54) is 4.90 Å². The summed E-state index contributed by atoms with van der Waals surface area (Å²) in [6.07, 6.45) is 2.04. The molecule has 0 aliphatic rings. The summed E-state index contributed by atoms with van der Waals surface area (Å²) in [7, 11) is -3.89. The van der Waals surface area contributed by atoms with Gasteiger partial charge in [-0.15, -0.1) is 0 Å². The van der Waals surface area contributed by atoms with Crippen LogP contribution >= 0.6 is 15.9 Å². The summed E-state index contributed by atoms with van der Waals surface area (Å²) < 4.78 is 33.7. The van der Waals surface area contributed by atoms with Gasteiger partial charge in [0.1, 0.15) is 18.3 Å². The van der Waals surface area contributed by atoms with Crippen LogP contribution in [0.15, 0.2) is 83.3 Å². The first-order chi connectivity index (χ1) is 19.5. The topological polar surface area (TPSA) is 96.0 Å². The Morgan fingerprint density at radius 1 is 0.927 bits per heavy atom. The summed E-state index contributed by atoms with van der Waals surface area (Å²) in [5, 5.41) is 3.03. The molecule has 3 aromatic carbocycles. The number of sulfonamides is 1. The highest BCUT2D eigenvalue weighted by atomic mass is 79.9. The van der Waals surface area contributed by atoms with Crippen LogP contribution in [-0.4, -0.2) is 56.6 Å². The van der Waals surface area contributed by atoms with Gasteiger partial charge in [0.05, 0.1) is 18.6 Å². The van der Waals surface area contributed by atoms with Gasteiger partial charge in [-0.25, -0.2) is 8.42 Å². The Labute approximate surface area is 251 Å². The van der Waals surface area contributed by atoms with E-state index in [9.17, 15) is 18.0 Å². The molecule has 8 nitrogen and oxygen atoms in total. The van der Waals surface area contributed by atoms with Gasteiger partial charge in [-0.05, 0) is 55.7 Å². The predicted molar refractivity (Wildman–Crippen MR) is 166 cm³/mol. The van der Waals surface area contributed by atoms with E-state index in [2.05, 4.69) is 21.2 Å². The number of carbonyl (C=O) groups is 2. The fraction of sp³-hybridized carbons (Fsp3) is 0.355. The quantitative estimate of drug-likeness (QED) is 0.262. The van der Waals surface area contributed by atoms with Crippen LogP contribution in [0.2, 0.25) is 0 Å². The van der Waals surface area contributed by atoms with Gasteiger partial charge in [0.2, 0.25) is 21.8 Å². The number of halogens is 1. The molecule has 2 atom stereocenters. The van der Waals surface area contributed by atoms with E-state index in [1.54, 1.807) is 31.2 Å². The van der Waals surface area contributed by atoms with Crippen LogP contribution in [0.1, 0.15) is 38.3 Å². The molecule has 0 spiro atoms. The van der Waals surface area contributed by atoms with Crippen molar-refractivity contribution in [1.82, 2.24) is 10.2 Å². The molecule has 0 saturated carbocycles. The maximum Gasteiger partial charge on any atom is 0.244 e. The number of para-hydroxylation sites is 2. The van der Waals surface area contributed by atoms with E-state index in [1.807, 2.05) is 68.4 Å². The summed E-state index contributed by atoms with van der Waals surface area (Å²) in [6, 6.07) is 22.7. The predicted octanol–water partition coefficient (Wildman–Crippen LogP) is 5.17. The van der Waals surface area contributed by atoms with E-state index in [-0.39, 0.29) is 30.6 Å². The monoisotopic (exact) mass is 643 g/mol.